The molecule has 0 aromatic carbocycles. The first kappa shape index (κ1) is 12.9. The highest BCUT2D eigenvalue weighted by Crippen LogP contribution is 2.44. The molecule has 0 bridgehead atoms. The lowest BCUT2D eigenvalue weighted by Gasteiger charge is -2.19. The van der Waals surface area contributed by atoms with Crippen LogP contribution in [0.4, 0.5) is 0 Å². The second kappa shape index (κ2) is 4.48. The van der Waals surface area contributed by atoms with Crippen LogP contribution in [0.25, 0.3) is 11.2 Å². The minimum absolute atomic E-state index is 0.411. The molecule has 0 aliphatic heterocycles. The van der Waals surface area contributed by atoms with Crippen LogP contribution in [0.2, 0.25) is 0 Å². The van der Waals surface area contributed by atoms with Crippen molar-refractivity contribution in [2.45, 2.75) is 52.0 Å². The summed E-state index contributed by atoms with van der Waals surface area (Å²) in [6.07, 6.45) is 3.63. The van der Waals surface area contributed by atoms with Gasteiger partial charge in [0.2, 0.25) is 0 Å². The second-order valence-electron chi connectivity index (χ2n) is 6.39. The van der Waals surface area contributed by atoms with Gasteiger partial charge in [-0.15, -0.1) is 11.6 Å². The number of nitrogens with zero attached hydrogens (tertiary/aromatic N) is 3. The summed E-state index contributed by atoms with van der Waals surface area (Å²) in [4.78, 5) is 9.31. The van der Waals surface area contributed by atoms with Crippen LogP contribution in [0.1, 0.15) is 50.7 Å². The van der Waals surface area contributed by atoms with Crippen molar-refractivity contribution in [1.82, 2.24) is 14.5 Å². The number of aromatic nitrogens is 3. The van der Waals surface area contributed by atoms with Gasteiger partial charge < -0.3 is 4.57 Å². The monoisotopic (exact) mass is 277 g/mol. The molecule has 4 heteroatoms. The normalized spacial score (nSPS) is 22.2. The van der Waals surface area contributed by atoms with E-state index < -0.39 is 0 Å². The van der Waals surface area contributed by atoms with Gasteiger partial charge in [0.1, 0.15) is 11.3 Å². The maximum atomic E-state index is 6.08. The third-order valence-corrected chi connectivity index (χ3v) is 4.42. The third kappa shape index (κ3) is 2.25. The molecular formula is C15H20ClN3. The predicted octanol–water partition coefficient (Wildman–Crippen LogP) is 4.23. The van der Waals surface area contributed by atoms with E-state index in [1.807, 2.05) is 19.1 Å². The zero-order chi connectivity index (χ0) is 13.6. The Balaban J connectivity index is 2.13. The Hall–Kier alpha value is -1.09. The smallest absolute Gasteiger partial charge is 0.160 e. The van der Waals surface area contributed by atoms with Gasteiger partial charge in [-0.3, -0.25) is 0 Å². The van der Waals surface area contributed by atoms with Crippen molar-refractivity contribution in [3.63, 3.8) is 0 Å². The Bertz CT molecular complexity index is 615. The van der Waals surface area contributed by atoms with E-state index in [1.165, 1.54) is 19.3 Å². The molecule has 1 aliphatic carbocycles. The first-order chi connectivity index (χ1) is 9.00. The molecule has 0 radical (unpaired) electrons. The number of aryl methyl sites for hydroxylation is 1. The summed E-state index contributed by atoms with van der Waals surface area (Å²) >= 11 is 6.08. The minimum Gasteiger partial charge on any atom is -0.309 e. The van der Waals surface area contributed by atoms with Crippen molar-refractivity contribution in [3.8, 4) is 0 Å². The number of hydrogen-bond donors (Lipinski definition) is 0. The van der Waals surface area contributed by atoms with E-state index >= 15 is 0 Å². The number of halogens is 1. The quantitative estimate of drug-likeness (QED) is 0.769. The highest BCUT2D eigenvalue weighted by atomic mass is 35.5. The number of hydrogen-bond acceptors (Lipinski definition) is 2. The summed E-state index contributed by atoms with van der Waals surface area (Å²) in [5.74, 6) is 1.41. The third-order valence-electron chi connectivity index (χ3n) is 4.18. The van der Waals surface area contributed by atoms with Crippen molar-refractivity contribution < 1.29 is 0 Å². The van der Waals surface area contributed by atoms with Gasteiger partial charge in [0.15, 0.2) is 5.65 Å². The second-order valence-corrected chi connectivity index (χ2v) is 6.66. The summed E-state index contributed by atoms with van der Waals surface area (Å²) in [6, 6.07) is 4.55. The highest BCUT2D eigenvalue weighted by Gasteiger charge is 2.33. The maximum Gasteiger partial charge on any atom is 0.160 e. The van der Waals surface area contributed by atoms with Crippen molar-refractivity contribution >= 4 is 22.8 Å². The van der Waals surface area contributed by atoms with E-state index in [0.717, 1.165) is 22.7 Å². The molecule has 19 heavy (non-hydrogen) atoms. The Morgan fingerprint density at radius 1 is 1.37 bits per heavy atom. The molecule has 2 heterocycles. The summed E-state index contributed by atoms with van der Waals surface area (Å²) < 4.78 is 2.28. The van der Waals surface area contributed by atoms with E-state index in [2.05, 4.69) is 28.4 Å². The molecule has 1 saturated carbocycles. The topological polar surface area (TPSA) is 30.7 Å². The Labute approximate surface area is 119 Å². The molecule has 2 aromatic rings. The zero-order valence-electron chi connectivity index (χ0n) is 11.8. The molecule has 0 saturated heterocycles. The van der Waals surface area contributed by atoms with E-state index in [1.54, 1.807) is 0 Å². The van der Waals surface area contributed by atoms with Crippen LogP contribution in [0.5, 0.6) is 0 Å². The van der Waals surface area contributed by atoms with E-state index in [4.69, 9.17) is 11.6 Å². The Morgan fingerprint density at radius 3 is 2.79 bits per heavy atom. The number of fused-ring (bicyclic) bond motifs is 1. The summed E-state index contributed by atoms with van der Waals surface area (Å²) in [7, 11) is 0. The van der Waals surface area contributed by atoms with Gasteiger partial charge in [-0.25, -0.2) is 9.97 Å². The van der Waals surface area contributed by atoms with Gasteiger partial charge in [0.25, 0.3) is 0 Å². The lowest BCUT2D eigenvalue weighted by atomic mass is 9.92. The molecule has 2 aromatic heterocycles. The lowest BCUT2D eigenvalue weighted by Crippen LogP contribution is -2.12. The van der Waals surface area contributed by atoms with Crippen molar-refractivity contribution in [1.29, 1.82) is 0 Å². The van der Waals surface area contributed by atoms with Gasteiger partial charge in [0.05, 0.1) is 5.88 Å². The van der Waals surface area contributed by atoms with Crippen molar-refractivity contribution in [2.75, 3.05) is 0 Å². The van der Waals surface area contributed by atoms with Gasteiger partial charge in [-0.2, -0.15) is 0 Å². The largest absolute Gasteiger partial charge is 0.309 e. The fourth-order valence-electron chi connectivity index (χ4n) is 3.21. The molecule has 1 atom stereocenters. The van der Waals surface area contributed by atoms with Crippen LogP contribution in [0, 0.1) is 12.3 Å². The van der Waals surface area contributed by atoms with Gasteiger partial charge >= 0.3 is 0 Å². The summed E-state index contributed by atoms with van der Waals surface area (Å²) in [5, 5.41) is 0. The van der Waals surface area contributed by atoms with Gasteiger partial charge in [0, 0.05) is 11.7 Å². The maximum absolute atomic E-state index is 6.08. The minimum atomic E-state index is 0.411. The van der Waals surface area contributed by atoms with Gasteiger partial charge in [-0.05, 0) is 43.7 Å². The molecule has 1 fully saturated rings. The van der Waals surface area contributed by atoms with E-state index in [9.17, 15) is 0 Å². The average molecular weight is 278 g/mol. The Morgan fingerprint density at radius 2 is 2.16 bits per heavy atom. The molecule has 3 rings (SSSR count). The standard InChI is InChI=1S/C15H20ClN3/c1-10-4-5-12-14(17-10)19(13(9-16)18-12)11-6-7-15(2,3)8-11/h4-5,11H,6-9H2,1-3H3. The summed E-state index contributed by atoms with van der Waals surface area (Å²) in [5.41, 5.74) is 3.41. The van der Waals surface area contributed by atoms with Crippen LogP contribution in [0.3, 0.4) is 0 Å². The fraction of sp³-hybridized carbons (Fsp3) is 0.600. The van der Waals surface area contributed by atoms with Gasteiger partial charge in [-0.1, -0.05) is 13.8 Å². The summed E-state index contributed by atoms with van der Waals surface area (Å²) in [6.45, 7) is 6.70. The lowest BCUT2D eigenvalue weighted by molar-refractivity contribution is 0.359. The average Bonchev–Trinajstić information content (AvgIpc) is 2.88. The predicted molar refractivity (Wildman–Crippen MR) is 78.5 cm³/mol. The van der Waals surface area contributed by atoms with E-state index in [-0.39, 0.29) is 0 Å². The molecule has 0 N–H and O–H groups in total. The van der Waals surface area contributed by atoms with Crippen LogP contribution in [-0.4, -0.2) is 14.5 Å². The first-order valence-electron chi connectivity index (χ1n) is 6.90. The van der Waals surface area contributed by atoms with E-state index in [0.29, 0.717) is 17.3 Å². The molecule has 1 unspecified atom stereocenters. The van der Waals surface area contributed by atoms with Crippen LogP contribution in [0.15, 0.2) is 12.1 Å². The highest BCUT2D eigenvalue weighted by molar-refractivity contribution is 6.16. The van der Waals surface area contributed by atoms with Crippen molar-refractivity contribution in [3.05, 3.63) is 23.7 Å². The van der Waals surface area contributed by atoms with Crippen molar-refractivity contribution in [2.24, 2.45) is 5.41 Å². The van der Waals surface area contributed by atoms with Crippen LogP contribution in [-0.2, 0) is 5.88 Å². The fourth-order valence-corrected chi connectivity index (χ4v) is 3.40. The Kier molecular flexibility index (Phi) is 3.05. The SMILES string of the molecule is Cc1ccc2nc(CCl)n(C3CCC(C)(C)C3)c2n1. The molecular weight excluding hydrogens is 258 g/mol. The number of pyridine rings is 1. The van der Waals surface area contributed by atoms with Crippen LogP contribution >= 0.6 is 11.6 Å². The first-order valence-corrected chi connectivity index (χ1v) is 7.44. The molecule has 3 nitrogen and oxygen atoms in total. The van der Waals surface area contributed by atoms with Crippen LogP contribution < -0.4 is 0 Å². The number of imidazole rings is 1. The molecule has 0 spiro atoms. The number of alkyl halides is 1. The molecule has 0 amide bonds. The zero-order valence-corrected chi connectivity index (χ0v) is 12.5. The molecule has 102 valence electrons. The number of rotatable bonds is 2. The molecule has 1 aliphatic rings.